The van der Waals surface area contributed by atoms with E-state index in [2.05, 4.69) is 5.32 Å². The molecule has 0 unspecified atom stereocenters. The lowest BCUT2D eigenvalue weighted by atomic mass is 10.3. The number of benzene rings is 2. The summed E-state index contributed by atoms with van der Waals surface area (Å²) in [4.78, 5) is 12.3. The summed E-state index contributed by atoms with van der Waals surface area (Å²) < 4.78 is 25.0. The molecule has 0 aromatic heterocycles. The molecule has 0 spiro atoms. The molecule has 2 aromatic rings. The Labute approximate surface area is 165 Å². The van der Waals surface area contributed by atoms with Crippen molar-refractivity contribution in [3.8, 4) is 0 Å². The first kappa shape index (κ1) is 20.1. The quantitative estimate of drug-likeness (QED) is 0.730. The minimum absolute atomic E-state index is 0.173. The lowest BCUT2D eigenvalue weighted by molar-refractivity contribution is -0.114. The molecule has 1 amide bonds. The zero-order valence-electron chi connectivity index (χ0n) is 12.8. The first-order valence-electron chi connectivity index (χ1n) is 6.75. The van der Waals surface area contributed by atoms with Crippen molar-refractivity contribution in [2.75, 3.05) is 22.4 Å². The Morgan fingerprint density at radius 1 is 1.00 bits per heavy atom. The molecule has 0 aliphatic heterocycles. The molecule has 1 N–H and O–H groups in total. The van der Waals surface area contributed by atoms with Gasteiger partial charge in [0.1, 0.15) is 6.54 Å². The number of anilines is 2. The van der Waals surface area contributed by atoms with Crippen molar-refractivity contribution in [1.29, 1.82) is 0 Å². The highest BCUT2D eigenvalue weighted by atomic mass is 35.5. The van der Waals surface area contributed by atoms with Crippen LogP contribution in [0.5, 0.6) is 0 Å². The van der Waals surface area contributed by atoms with Crippen molar-refractivity contribution in [3.63, 3.8) is 0 Å². The molecular weight excluding hydrogens is 430 g/mol. The summed E-state index contributed by atoms with van der Waals surface area (Å²) in [5.74, 6) is -0.606. The molecule has 0 saturated heterocycles. The highest BCUT2D eigenvalue weighted by molar-refractivity contribution is 7.92. The van der Waals surface area contributed by atoms with E-state index in [0.717, 1.165) is 10.6 Å². The topological polar surface area (TPSA) is 66.5 Å². The van der Waals surface area contributed by atoms with Crippen LogP contribution in [-0.4, -0.2) is 27.1 Å². The second-order valence-electron chi connectivity index (χ2n) is 5.07. The number of hydrogen-bond acceptors (Lipinski definition) is 3. The van der Waals surface area contributed by atoms with E-state index in [1.165, 1.54) is 30.3 Å². The normalized spacial score (nSPS) is 11.2. The molecule has 0 heterocycles. The summed E-state index contributed by atoms with van der Waals surface area (Å²) in [6, 6.07) is 8.80. The highest BCUT2D eigenvalue weighted by Crippen LogP contribution is 2.28. The number of carbonyl (C=O) groups is 1. The van der Waals surface area contributed by atoms with Crippen LogP contribution in [0, 0.1) is 0 Å². The van der Waals surface area contributed by atoms with Gasteiger partial charge in [-0.1, -0.05) is 46.4 Å². The maximum absolute atomic E-state index is 12.3. The molecule has 0 fully saturated rings. The lowest BCUT2D eigenvalue weighted by Gasteiger charge is -2.22. The fraction of sp³-hybridized carbons (Fsp3) is 0.133. The molecule has 0 aliphatic rings. The number of hydrogen-bond donors (Lipinski definition) is 1. The van der Waals surface area contributed by atoms with Crippen LogP contribution in [0.4, 0.5) is 11.4 Å². The van der Waals surface area contributed by atoms with E-state index >= 15 is 0 Å². The second kappa shape index (κ2) is 8.01. The number of amides is 1. The zero-order valence-corrected chi connectivity index (χ0v) is 16.6. The van der Waals surface area contributed by atoms with Crippen molar-refractivity contribution in [2.45, 2.75) is 0 Å². The molecular formula is C15H12Cl4N2O3S. The average molecular weight is 442 g/mol. The fourth-order valence-corrected chi connectivity index (χ4v) is 3.69. The monoisotopic (exact) mass is 440 g/mol. The molecule has 0 bridgehead atoms. The van der Waals surface area contributed by atoms with Crippen LogP contribution >= 0.6 is 46.4 Å². The molecule has 134 valence electrons. The van der Waals surface area contributed by atoms with E-state index in [4.69, 9.17) is 46.4 Å². The van der Waals surface area contributed by atoms with E-state index in [9.17, 15) is 13.2 Å². The van der Waals surface area contributed by atoms with Gasteiger partial charge in [0.05, 0.1) is 22.7 Å². The molecule has 0 atom stereocenters. The molecule has 5 nitrogen and oxygen atoms in total. The van der Waals surface area contributed by atoms with Gasteiger partial charge in [0.15, 0.2) is 0 Å². The van der Waals surface area contributed by atoms with E-state index in [1.54, 1.807) is 6.07 Å². The second-order valence-corrected chi connectivity index (χ2v) is 8.69. The molecule has 25 heavy (non-hydrogen) atoms. The Hall–Kier alpha value is -1.18. The Morgan fingerprint density at radius 2 is 1.60 bits per heavy atom. The summed E-state index contributed by atoms with van der Waals surface area (Å²) in [7, 11) is -3.76. The van der Waals surface area contributed by atoms with Crippen molar-refractivity contribution in [1.82, 2.24) is 0 Å². The first-order chi connectivity index (χ1) is 11.6. The van der Waals surface area contributed by atoms with E-state index in [-0.39, 0.29) is 26.4 Å². The molecule has 0 aliphatic carbocycles. The first-order valence-corrected chi connectivity index (χ1v) is 10.1. The Morgan fingerprint density at radius 3 is 2.16 bits per heavy atom. The van der Waals surface area contributed by atoms with E-state index in [0.29, 0.717) is 5.02 Å². The molecule has 2 aromatic carbocycles. The fourth-order valence-electron chi connectivity index (χ4n) is 2.00. The van der Waals surface area contributed by atoms with Gasteiger partial charge in [-0.2, -0.15) is 0 Å². The SMILES string of the molecule is CS(=O)(=O)N(CC(=O)Nc1cc(Cl)ccc1Cl)c1cc(Cl)cc(Cl)c1. The van der Waals surface area contributed by atoms with Crippen LogP contribution in [0.3, 0.4) is 0 Å². The maximum Gasteiger partial charge on any atom is 0.245 e. The average Bonchev–Trinajstić information content (AvgIpc) is 2.46. The standard InChI is InChI=1S/C15H12Cl4N2O3S/c1-25(23,24)21(12-5-10(17)4-11(18)6-12)8-15(22)20-14-7-9(16)2-3-13(14)19/h2-7H,8H2,1H3,(H,20,22). The number of sulfonamides is 1. The van der Waals surface area contributed by atoms with Crippen LogP contribution < -0.4 is 9.62 Å². The summed E-state index contributed by atoms with van der Waals surface area (Å²) in [6.45, 7) is -0.488. The zero-order chi connectivity index (χ0) is 18.8. The minimum Gasteiger partial charge on any atom is -0.323 e. The smallest absolute Gasteiger partial charge is 0.245 e. The van der Waals surface area contributed by atoms with Crippen molar-refractivity contribution >= 4 is 73.7 Å². The number of nitrogens with zero attached hydrogens (tertiary/aromatic N) is 1. The van der Waals surface area contributed by atoms with Crippen molar-refractivity contribution in [2.24, 2.45) is 0 Å². The summed E-state index contributed by atoms with van der Waals surface area (Å²) in [6.07, 6.45) is 0.974. The van der Waals surface area contributed by atoms with Crippen molar-refractivity contribution in [3.05, 3.63) is 56.5 Å². The van der Waals surface area contributed by atoms with Gasteiger partial charge in [0.25, 0.3) is 0 Å². The van der Waals surface area contributed by atoms with E-state index < -0.39 is 22.5 Å². The molecule has 0 radical (unpaired) electrons. The van der Waals surface area contributed by atoms with Crippen LogP contribution in [0.1, 0.15) is 0 Å². The van der Waals surface area contributed by atoms with Crippen molar-refractivity contribution < 1.29 is 13.2 Å². The Kier molecular flexibility index (Phi) is 6.45. The van der Waals surface area contributed by atoms with Crippen LogP contribution in [0.2, 0.25) is 20.1 Å². The largest absolute Gasteiger partial charge is 0.323 e. The van der Waals surface area contributed by atoms with Gasteiger partial charge in [-0.3, -0.25) is 9.10 Å². The van der Waals surface area contributed by atoms with Crippen LogP contribution in [-0.2, 0) is 14.8 Å². The lowest BCUT2D eigenvalue weighted by Crippen LogP contribution is -2.37. The van der Waals surface area contributed by atoms with Gasteiger partial charge in [0, 0.05) is 15.1 Å². The summed E-state index contributed by atoms with van der Waals surface area (Å²) in [5, 5.41) is 3.66. The highest BCUT2D eigenvalue weighted by Gasteiger charge is 2.22. The van der Waals surface area contributed by atoms with E-state index in [1.807, 2.05) is 0 Å². The van der Waals surface area contributed by atoms with Crippen LogP contribution in [0.25, 0.3) is 0 Å². The Balaban J connectivity index is 2.28. The summed E-state index contributed by atoms with van der Waals surface area (Å²) in [5.41, 5.74) is 0.448. The molecule has 2 rings (SSSR count). The van der Waals surface area contributed by atoms with Gasteiger partial charge < -0.3 is 5.32 Å². The molecule has 0 saturated carbocycles. The van der Waals surface area contributed by atoms with Crippen LogP contribution in [0.15, 0.2) is 36.4 Å². The number of carbonyl (C=O) groups excluding carboxylic acids is 1. The molecule has 10 heteroatoms. The third kappa shape index (κ3) is 5.66. The third-order valence-electron chi connectivity index (χ3n) is 3.03. The van der Waals surface area contributed by atoms with Gasteiger partial charge >= 0.3 is 0 Å². The van der Waals surface area contributed by atoms with Gasteiger partial charge in [0.2, 0.25) is 15.9 Å². The van der Waals surface area contributed by atoms with Gasteiger partial charge in [-0.25, -0.2) is 8.42 Å². The summed E-state index contributed by atoms with van der Waals surface area (Å²) >= 11 is 23.7. The Bertz CT molecular complexity index is 899. The minimum atomic E-state index is -3.76. The number of nitrogens with one attached hydrogen (secondary N) is 1. The number of rotatable bonds is 5. The van der Waals surface area contributed by atoms with Gasteiger partial charge in [-0.05, 0) is 36.4 Å². The predicted molar refractivity (Wildman–Crippen MR) is 104 cm³/mol. The predicted octanol–water partition coefficient (Wildman–Crippen LogP) is 4.70. The number of halogens is 4. The maximum atomic E-state index is 12.3. The third-order valence-corrected chi connectivity index (χ3v) is 5.17. The van der Waals surface area contributed by atoms with Gasteiger partial charge in [-0.15, -0.1) is 0 Å².